The van der Waals surface area contributed by atoms with E-state index < -0.39 is 10.0 Å². The zero-order chi connectivity index (χ0) is 21.0. The summed E-state index contributed by atoms with van der Waals surface area (Å²) in [4.78, 5) is 17.4. The van der Waals surface area contributed by atoms with E-state index in [-0.39, 0.29) is 10.8 Å². The Morgan fingerprint density at radius 2 is 1.62 bits per heavy atom. The number of sulfonamides is 1. The lowest BCUT2D eigenvalue weighted by molar-refractivity contribution is 0.0951. The van der Waals surface area contributed by atoms with Crippen molar-refractivity contribution < 1.29 is 13.2 Å². The first-order chi connectivity index (χ1) is 13.8. The van der Waals surface area contributed by atoms with E-state index in [1.807, 2.05) is 18.2 Å². The van der Waals surface area contributed by atoms with Crippen LogP contribution in [0, 0.1) is 0 Å². The molecule has 2 aromatic carbocycles. The summed E-state index contributed by atoms with van der Waals surface area (Å²) in [5.74, 6) is -0.230. The van der Waals surface area contributed by atoms with Crippen molar-refractivity contribution in [1.29, 1.82) is 0 Å². The first-order valence-corrected chi connectivity index (χ1v) is 11.1. The lowest BCUT2D eigenvalue weighted by Crippen LogP contribution is -2.45. The molecule has 1 heterocycles. The second kappa shape index (κ2) is 8.94. The van der Waals surface area contributed by atoms with E-state index in [0.717, 1.165) is 41.7 Å². The minimum Gasteiger partial charge on any atom is -0.369 e. The molecule has 0 spiro atoms. The van der Waals surface area contributed by atoms with Crippen LogP contribution in [-0.2, 0) is 16.6 Å². The molecular formula is C21H28N4O3S. The van der Waals surface area contributed by atoms with Gasteiger partial charge in [0, 0.05) is 58.1 Å². The standard InChI is InChI=1S/C21H28N4O3S/c1-23(2)29(27,28)19-10-8-17(9-11-19)21(26)22-16-18-6-4-5-7-20(18)25-14-12-24(3)13-15-25/h4-11H,12-16H2,1-3H3,(H,22,26). The minimum atomic E-state index is -3.50. The van der Waals surface area contributed by atoms with E-state index in [1.54, 1.807) is 0 Å². The quantitative estimate of drug-likeness (QED) is 0.775. The van der Waals surface area contributed by atoms with Crippen LogP contribution in [0.5, 0.6) is 0 Å². The number of piperazine rings is 1. The van der Waals surface area contributed by atoms with E-state index in [0.29, 0.717) is 12.1 Å². The Bertz CT molecular complexity index is 950. The third-order valence-corrected chi connectivity index (χ3v) is 7.00. The highest BCUT2D eigenvalue weighted by Crippen LogP contribution is 2.22. The first-order valence-electron chi connectivity index (χ1n) is 9.61. The molecule has 3 rings (SSSR count). The summed E-state index contributed by atoms with van der Waals surface area (Å²) in [6.07, 6.45) is 0. The molecule has 0 atom stereocenters. The third kappa shape index (κ3) is 4.95. The Hall–Kier alpha value is -2.42. The van der Waals surface area contributed by atoms with Gasteiger partial charge in [0.1, 0.15) is 0 Å². The average Bonchev–Trinajstić information content (AvgIpc) is 2.73. The van der Waals surface area contributed by atoms with Gasteiger partial charge in [-0.1, -0.05) is 18.2 Å². The van der Waals surface area contributed by atoms with Crippen LogP contribution in [0.2, 0.25) is 0 Å². The third-order valence-electron chi connectivity index (χ3n) is 5.17. The molecule has 1 aliphatic rings. The zero-order valence-corrected chi connectivity index (χ0v) is 17.9. The summed E-state index contributed by atoms with van der Waals surface area (Å²) >= 11 is 0. The second-order valence-electron chi connectivity index (χ2n) is 7.41. The van der Waals surface area contributed by atoms with Gasteiger partial charge in [-0.05, 0) is 42.9 Å². The van der Waals surface area contributed by atoms with Gasteiger partial charge in [-0.2, -0.15) is 0 Å². The van der Waals surface area contributed by atoms with Crippen molar-refractivity contribution in [2.24, 2.45) is 0 Å². The van der Waals surface area contributed by atoms with Gasteiger partial charge in [-0.15, -0.1) is 0 Å². The fourth-order valence-corrected chi connectivity index (χ4v) is 4.18. The lowest BCUT2D eigenvalue weighted by atomic mass is 10.1. The lowest BCUT2D eigenvalue weighted by Gasteiger charge is -2.35. The molecule has 0 unspecified atom stereocenters. The van der Waals surface area contributed by atoms with Gasteiger partial charge in [0.25, 0.3) is 5.91 Å². The largest absolute Gasteiger partial charge is 0.369 e. The van der Waals surface area contributed by atoms with E-state index in [1.165, 1.54) is 38.4 Å². The number of likely N-dealkylation sites (N-methyl/N-ethyl adjacent to an activating group) is 1. The number of benzene rings is 2. The van der Waals surface area contributed by atoms with E-state index in [9.17, 15) is 13.2 Å². The van der Waals surface area contributed by atoms with Crippen molar-refractivity contribution in [3.05, 3.63) is 59.7 Å². The first kappa shape index (κ1) is 21.3. The Morgan fingerprint density at radius 1 is 1.00 bits per heavy atom. The molecule has 1 N–H and O–H groups in total. The smallest absolute Gasteiger partial charge is 0.251 e. The van der Waals surface area contributed by atoms with Crippen molar-refractivity contribution in [1.82, 2.24) is 14.5 Å². The molecule has 8 heteroatoms. The van der Waals surface area contributed by atoms with Crippen LogP contribution in [-0.4, -0.2) is 70.9 Å². The van der Waals surface area contributed by atoms with Crippen molar-refractivity contribution in [3.8, 4) is 0 Å². The van der Waals surface area contributed by atoms with Gasteiger partial charge >= 0.3 is 0 Å². The number of hydrogen-bond donors (Lipinski definition) is 1. The topological polar surface area (TPSA) is 73.0 Å². The van der Waals surface area contributed by atoms with Gasteiger partial charge < -0.3 is 15.1 Å². The van der Waals surface area contributed by atoms with E-state index in [2.05, 4.69) is 28.2 Å². The van der Waals surface area contributed by atoms with Crippen LogP contribution in [0.1, 0.15) is 15.9 Å². The van der Waals surface area contributed by atoms with Crippen LogP contribution in [0.3, 0.4) is 0 Å². The molecule has 29 heavy (non-hydrogen) atoms. The molecule has 1 saturated heterocycles. The molecule has 0 aromatic heterocycles. The number of carbonyl (C=O) groups excluding carboxylic acids is 1. The van der Waals surface area contributed by atoms with Gasteiger partial charge in [0.2, 0.25) is 10.0 Å². The summed E-state index contributed by atoms with van der Waals surface area (Å²) in [6.45, 7) is 4.37. The van der Waals surface area contributed by atoms with Crippen molar-refractivity contribution in [3.63, 3.8) is 0 Å². The van der Waals surface area contributed by atoms with Crippen LogP contribution in [0.25, 0.3) is 0 Å². The zero-order valence-electron chi connectivity index (χ0n) is 17.1. The number of anilines is 1. The number of nitrogens with zero attached hydrogens (tertiary/aromatic N) is 3. The molecule has 0 aliphatic carbocycles. The van der Waals surface area contributed by atoms with Gasteiger partial charge in [0.05, 0.1) is 4.90 Å². The Kier molecular flexibility index (Phi) is 6.56. The molecule has 1 aliphatic heterocycles. The number of rotatable bonds is 6. The number of hydrogen-bond acceptors (Lipinski definition) is 5. The SMILES string of the molecule is CN1CCN(c2ccccc2CNC(=O)c2ccc(S(=O)(=O)N(C)C)cc2)CC1. The predicted octanol–water partition coefficient (Wildman–Crippen LogP) is 1.62. The summed E-state index contributed by atoms with van der Waals surface area (Å²) < 4.78 is 25.4. The monoisotopic (exact) mass is 416 g/mol. The molecular weight excluding hydrogens is 388 g/mol. The summed E-state index contributed by atoms with van der Waals surface area (Å²) in [6, 6.07) is 14.1. The van der Waals surface area contributed by atoms with Crippen LogP contribution >= 0.6 is 0 Å². The van der Waals surface area contributed by atoms with Crippen LogP contribution in [0.15, 0.2) is 53.4 Å². The van der Waals surface area contributed by atoms with Crippen molar-refractivity contribution in [2.75, 3.05) is 52.2 Å². The highest BCUT2D eigenvalue weighted by atomic mass is 32.2. The molecule has 0 bridgehead atoms. The molecule has 0 radical (unpaired) electrons. The van der Waals surface area contributed by atoms with Crippen molar-refractivity contribution in [2.45, 2.75) is 11.4 Å². The molecule has 1 fully saturated rings. The number of amides is 1. The highest BCUT2D eigenvalue weighted by Gasteiger charge is 2.19. The van der Waals surface area contributed by atoms with Gasteiger partial charge in [0.15, 0.2) is 0 Å². The van der Waals surface area contributed by atoms with Crippen LogP contribution in [0.4, 0.5) is 5.69 Å². The molecule has 1 amide bonds. The fraction of sp³-hybridized carbons (Fsp3) is 0.381. The Labute approximate surface area is 173 Å². The van der Waals surface area contributed by atoms with Gasteiger partial charge in [-0.25, -0.2) is 12.7 Å². The number of para-hydroxylation sites is 1. The Balaban J connectivity index is 1.67. The fourth-order valence-electron chi connectivity index (χ4n) is 3.28. The predicted molar refractivity (Wildman–Crippen MR) is 115 cm³/mol. The molecule has 7 nitrogen and oxygen atoms in total. The maximum atomic E-state index is 12.6. The van der Waals surface area contributed by atoms with Crippen molar-refractivity contribution >= 4 is 21.6 Å². The van der Waals surface area contributed by atoms with E-state index >= 15 is 0 Å². The number of nitrogens with one attached hydrogen (secondary N) is 1. The Morgan fingerprint density at radius 3 is 2.24 bits per heavy atom. The summed E-state index contributed by atoms with van der Waals surface area (Å²) in [7, 11) is 1.58. The normalized spacial score (nSPS) is 15.5. The maximum Gasteiger partial charge on any atom is 0.251 e. The minimum absolute atomic E-state index is 0.166. The molecule has 156 valence electrons. The highest BCUT2D eigenvalue weighted by molar-refractivity contribution is 7.89. The second-order valence-corrected chi connectivity index (χ2v) is 9.57. The molecule has 0 saturated carbocycles. The average molecular weight is 417 g/mol. The van der Waals surface area contributed by atoms with E-state index in [4.69, 9.17) is 0 Å². The maximum absolute atomic E-state index is 12.6. The summed E-state index contributed by atoms with van der Waals surface area (Å²) in [5.41, 5.74) is 2.64. The molecule has 2 aromatic rings. The summed E-state index contributed by atoms with van der Waals surface area (Å²) in [5, 5.41) is 2.95. The number of carbonyl (C=O) groups is 1. The van der Waals surface area contributed by atoms with Crippen LogP contribution < -0.4 is 10.2 Å². The van der Waals surface area contributed by atoms with Gasteiger partial charge in [-0.3, -0.25) is 4.79 Å².